The fourth-order valence-corrected chi connectivity index (χ4v) is 6.59. The number of benzene rings is 3. The second-order valence-corrected chi connectivity index (χ2v) is 10.3. The van der Waals surface area contributed by atoms with E-state index in [0.29, 0.717) is 12.8 Å². The summed E-state index contributed by atoms with van der Waals surface area (Å²) < 4.78 is 20.7. The number of halogens is 1. The molecular formula is C31H27FN2O3. The molecule has 3 aromatic rings. The van der Waals surface area contributed by atoms with Crippen LogP contribution in [0.3, 0.4) is 0 Å². The number of carbonyl (C=O) groups is 2. The third-order valence-corrected chi connectivity index (χ3v) is 8.28. The minimum atomic E-state index is -0.751. The zero-order valence-electron chi connectivity index (χ0n) is 20.4. The summed E-state index contributed by atoms with van der Waals surface area (Å²) >= 11 is 0. The summed E-state index contributed by atoms with van der Waals surface area (Å²) in [6, 6.07) is 22.4. The summed E-state index contributed by atoms with van der Waals surface area (Å²) in [5.41, 5.74) is 4.55. The number of piperidine rings is 2. The minimum absolute atomic E-state index is 0.00862. The van der Waals surface area contributed by atoms with Gasteiger partial charge in [0.1, 0.15) is 12.7 Å². The van der Waals surface area contributed by atoms with Crippen LogP contribution in [-0.2, 0) is 4.74 Å². The molecule has 37 heavy (non-hydrogen) atoms. The van der Waals surface area contributed by atoms with Gasteiger partial charge in [-0.2, -0.15) is 5.26 Å². The van der Waals surface area contributed by atoms with Gasteiger partial charge in [-0.25, -0.2) is 9.18 Å². The number of ether oxygens (including phenoxy) is 1. The van der Waals surface area contributed by atoms with Crippen LogP contribution < -0.4 is 0 Å². The average Bonchev–Trinajstić information content (AvgIpc) is 3.24. The molecule has 2 heterocycles. The monoisotopic (exact) mass is 494 g/mol. The van der Waals surface area contributed by atoms with E-state index in [2.05, 4.69) is 24.3 Å². The van der Waals surface area contributed by atoms with Crippen molar-refractivity contribution in [2.45, 2.75) is 50.1 Å². The number of rotatable bonds is 4. The minimum Gasteiger partial charge on any atom is -0.448 e. The van der Waals surface area contributed by atoms with Crippen LogP contribution in [0.4, 0.5) is 9.18 Å². The van der Waals surface area contributed by atoms with Gasteiger partial charge < -0.3 is 9.64 Å². The van der Waals surface area contributed by atoms with Crippen molar-refractivity contribution in [1.82, 2.24) is 4.90 Å². The van der Waals surface area contributed by atoms with Crippen molar-refractivity contribution < 1.29 is 18.7 Å². The van der Waals surface area contributed by atoms with Gasteiger partial charge in [-0.05, 0) is 66.5 Å². The van der Waals surface area contributed by atoms with Crippen molar-refractivity contribution in [3.63, 3.8) is 0 Å². The molecule has 186 valence electrons. The van der Waals surface area contributed by atoms with Crippen molar-refractivity contribution >= 4 is 11.9 Å². The maximum atomic E-state index is 14.7. The molecule has 2 unspecified atom stereocenters. The summed E-state index contributed by atoms with van der Waals surface area (Å²) in [6.45, 7) is 0.261. The van der Waals surface area contributed by atoms with Crippen LogP contribution >= 0.6 is 0 Å². The zero-order chi connectivity index (χ0) is 25.5. The smallest absolute Gasteiger partial charge is 0.410 e. The fraction of sp³-hybridized carbons (Fsp3) is 0.323. The summed E-state index contributed by atoms with van der Waals surface area (Å²) in [6.07, 6.45) is 3.21. The molecule has 2 bridgehead atoms. The number of nitriles is 1. The van der Waals surface area contributed by atoms with E-state index in [1.54, 1.807) is 6.07 Å². The summed E-state index contributed by atoms with van der Waals surface area (Å²) in [5, 5.41) is 9.14. The fourth-order valence-electron chi connectivity index (χ4n) is 6.59. The molecule has 1 aliphatic carbocycles. The highest BCUT2D eigenvalue weighted by molar-refractivity contribution is 5.98. The lowest BCUT2D eigenvalue weighted by molar-refractivity contribution is 0.00642. The molecule has 2 atom stereocenters. The number of ketones is 1. The highest BCUT2D eigenvalue weighted by atomic mass is 19.1. The molecule has 0 radical (unpaired) electrons. The Morgan fingerprint density at radius 3 is 2.16 bits per heavy atom. The van der Waals surface area contributed by atoms with Gasteiger partial charge in [-0.15, -0.1) is 0 Å². The predicted molar refractivity (Wildman–Crippen MR) is 137 cm³/mol. The molecule has 6 rings (SSSR count). The first-order chi connectivity index (χ1) is 18.1. The number of amides is 1. The number of hydrogen-bond donors (Lipinski definition) is 0. The van der Waals surface area contributed by atoms with Crippen molar-refractivity contribution in [2.24, 2.45) is 5.92 Å². The van der Waals surface area contributed by atoms with Crippen molar-refractivity contribution in [3.8, 4) is 17.2 Å². The highest BCUT2D eigenvalue weighted by Gasteiger charge is 2.44. The molecule has 3 aromatic carbocycles. The lowest BCUT2D eigenvalue weighted by atomic mass is 9.75. The van der Waals surface area contributed by atoms with Crippen LogP contribution in [-0.4, -0.2) is 35.5 Å². The van der Waals surface area contributed by atoms with Crippen molar-refractivity contribution in [1.29, 1.82) is 5.26 Å². The molecule has 2 aliphatic heterocycles. The van der Waals surface area contributed by atoms with E-state index in [1.165, 1.54) is 34.4 Å². The molecule has 0 aromatic heterocycles. The SMILES string of the molecule is N#Cc1cccc(C(=O)C2CC3CCCC(C2)N3C(=O)OCC2c3ccccc3-c3ccccc32)c1F. The van der Waals surface area contributed by atoms with Crippen LogP contribution in [0, 0.1) is 23.1 Å². The molecule has 0 N–H and O–H groups in total. The van der Waals surface area contributed by atoms with Crippen LogP contribution in [0.2, 0.25) is 0 Å². The van der Waals surface area contributed by atoms with Crippen LogP contribution in [0.15, 0.2) is 66.7 Å². The maximum Gasteiger partial charge on any atom is 0.410 e. The molecule has 0 spiro atoms. The first kappa shape index (κ1) is 23.4. The van der Waals surface area contributed by atoms with Crippen molar-refractivity contribution in [3.05, 3.63) is 94.8 Å². The standard InChI is InChI=1S/C31H27FN2O3/c32-29-19(17-33)7-5-14-27(29)30(35)20-15-21-8-6-9-22(16-20)34(21)31(36)37-18-28-25-12-3-1-10-23(25)24-11-2-4-13-26(24)28/h1-5,7,10-14,20-22,28H,6,8-9,15-16,18H2. The number of hydrogen-bond acceptors (Lipinski definition) is 4. The summed E-state index contributed by atoms with van der Waals surface area (Å²) in [5.74, 6) is -1.42. The second-order valence-electron chi connectivity index (χ2n) is 10.3. The highest BCUT2D eigenvalue weighted by Crippen LogP contribution is 2.45. The molecule has 2 fully saturated rings. The molecule has 2 saturated heterocycles. The predicted octanol–water partition coefficient (Wildman–Crippen LogP) is 6.46. The van der Waals surface area contributed by atoms with E-state index >= 15 is 0 Å². The Hall–Kier alpha value is -3.98. The molecule has 1 amide bonds. The molecule has 5 nitrogen and oxygen atoms in total. The summed E-state index contributed by atoms with van der Waals surface area (Å²) in [4.78, 5) is 28.5. The third-order valence-electron chi connectivity index (χ3n) is 8.28. The van der Waals surface area contributed by atoms with E-state index < -0.39 is 5.82 Å². The number of fused-ring (bicyclic) bond motifs is 5. The van der Waals surface area contributed by atoms with Crippen LogP contribution in [0.25, 0.3) is 11.1 Å². The third kappa shape index (κ3) is 3.99. The van der Waals surface area contributed by atoms with Gasteiger partial charge in [-0.1, -0.05) is 54.6 Å². The van der Waals surface area contributed by atoms with Gasteiger partial charge in [0.2, 0.25) is 0 Å². The van der Waals surface area contributed by atoms with E-state index in [1.807, 2.05) is 35.2 Å². The van der Waals surface area contributed by atoms with E-state index in [9.17, 15) is 14.0 Å². The zero-order valence-corrected chi connectivity index (χ0v) is 20.4. The first-order valence-corrected chi connectivity index (χ1v) is 12.9. The molecule has 0 saturated carbocycles. The topological polar surface area (TPSA) is 70.4 Å². The number of carbonyl (C=O) groups excluding carboxylic acids is 2. The van der Waals surface area contributed by atoms with Gasteiger partial charge in [0, 0.05) is 23.9 Å². The van der Waals surface area contributed by atoms with E-state index in [-0.39, 0.29) is 53.5 Å². The lowest BCUT2D eigenvalue weighted by Crippen LogP contribution is -2.56. The lowest BCUT2D eigenvalue weighted by Gasteiger charge is -2.47. The largest absolute Gasteiger partial charge is 0.448 e. The van der Waals surface area contributed by atoms with Crippen molar-refractivity contribution in [2.75, 3.05) is 6.61 Å². The van der Waals surface area contributed by atoms with Crippen LogP contribution in [0.5, 0.6) is 0 Å². The maximum absolute atomic E-state index is 14.7. The number of Topliss-reactive ketones (excluding diaryl/α,β-unsaturated/α-hetero) is 1. The summed E-state index contributed by atoms with van der Waals surface area (Å²) in [7, 11) is 0. The average molecular weight is 495 g/mol. The Labute approximate surface area is 215 Å². The Kier molecular flexibility index (Phi) is 6.00. The van der Waals surface area contributed by atoms with E-state index in [0.717, 1.165) is 19.3 Å². The van der Waals surface area contributed by atoms with Gasteiger partial charge >= 0.3 is 6.09 Å². The van der Waals surface area contributed by atoms with Crippen LogP contribution in [0.1, 0.15) is 65.1 Å². The van der Waals surface area contributed by atoms with Gasteiger partial charge in [0.05, 0.1) is 11.1 Å². The van der Waals surface area contributed by atoms with Gasteiger partial charge in [0.15, 0.2) is 11.6 Å². The normalized spacial score (nSPS) is 22.1. The Morgan fingerprint density at radius 1 is 0.919 bits per heavy atom. The quantitative estimate of drug-likeness (QED) is 0.390. The first-order valence-electron chi connectivity index (χ1n) is 12.9. The Balaban J connectivity index is 1.17. The van der Waals surface area contributed by atoms with Gasteiger partial charge in [0.25, 0.3) is 0 Å². The molecule has 6 heteroatoms. The molecule has 3 aliphatic rings. The Bertz CT molecular complexity index is 1370. The van der Waals surface area contributed by atoms with Gasteiger partial charge in [-0.3, -0.25) is 4.79 Å². The second kappa shape index (κ2) is 9.48. The molecular weight excluding hydrogens is 467 g/mol. The van der Waals surface area contributed by atoms with E-state index in [4.69, 9.17) is 10.00 Å². The number of nitrogens with zero attached hydrogens (tertiary/aromatic N) is 2. The Morgan fingerprint density at radius 2 is 1.54 bits per heavy atom.